The Morgan fingerprint density at radius 3 is 2.64 bits per heavy atom. The van der Waals surface area contributed by atoms with E-state index >= 15 is 0 Å². The summed E-state index contributed by atoms with van der Waals surface area (Å²) < 4.78 is 11.1. The summed E-state index contributed by atoms with van der Waals surface area (Å²) in [5, 5.41) is 11.0. The molecule has 1 heterocycles. The van der Waals surface area contributed by atoms with Crippen molar-refractivity contribution in [2.75, 3.05) is 27.8 Å². The Balaban J connectivity index is 1.89. The Kier molecular flexibility index (Phi) is 4.04. The summed E-state index contributed by atoms with van der Waals surface area (Å²) in [6, 6.07) is 6.87. The van der Waals surface area contributed by atoms with E-state index in [0.717, 1.165) is 37.3 Å². The van der Waals surface area contributed by atoms with Gasteiger partial charge in [0, 0.05) is 16.9 Å². The summed E-state index contributed by atoms with van der Waals surface area (Å²) in [6.45, 7) is 3.42. The lowest BCUT2D eigenvalue weighted by molar-refractivity contribution is -0.0871. The SMILES string of the molecule is COc1ccc([C@]23CCN(C)[C@H]2C2(C)CCC[C@@H]3C[C@@H]2O)cc1OC. The van der Waals surface area contributed by atoms with Crippen molar-refractivity contribution >= 4 is 0 Å². The van der Waals surface area contributed by atoms with Crippen LogP contribution in [0.15, 0.2) is 18.2 Å². The van der Waals surface area contributed by atoms with E-state index in [2.05, 4.69) is 37.1 Å². The molecule has 0 aromatic heterocycles. The monoisotopic (exact) mass is 345 g/mol. The first-order valence-electron chi connectivity index (χ1n) is 9.58. The number of likely N-dealkylation sites (N-methyl/N-ethyl adjacent to an activating group) is 1. The van der Waals surface area contributed by atoms with Gasteiger partial charge in [0.1, 0.15) is 0 Å². The summed E-state index contributed by atoms with van der Waals surface area (Å²) in [5.41, 5.74) is 1.44. The van der Waals surface area contributed by atoms with E-state index in [1.165, 1.54) is 18.4 Å². The maximum Gasteiger partial charge on any atom is 0.161 e. The predicted octanol–water partition coefficient (Wildman–Crippen LogP) is 3.22. The van der Waals surface area contributed by atoms with E-state index in [0.29, 0.717) is 12.0 Å². The molecule has 138 valence electrons. The smallest absolute Gasteiger partial charge is 0.161 e. The van der Waals surface area contributed by atoms with Crippen LogP contribution in [0.25, 0.3) is 0 Å². The Labute approximate surface area is 151 Å². The number of hydrogen-bond acceptors (Lipinski definition) is 4. The highest BCUT2D eigenvalue weighted by Crippen LogP contribution is 2.63. The molecule has 1 unspecified atom stereocenters. The summed E-state index contributed by atoms with van der Waals surface area (Å²) in [5.74, 6) is 2.13. The minimum atomic E-state index is -0.196. The first kappa shape index (κ1) is 17.2. The summed E-state index contributed by atoms with van der Waals surface area (Å²) in [7, 11) is 5.64. The van der Waals surface area contributed by atoms with E-state index in [1.807, 2.05) is 0 Å². The third-order valence-corrected chi connectivity index (χ3v) is 7.62. The van der Waals surface area contributed by atoms with Gasteiger partial charge in [0.2, 0.25) is 0 Å². The third kappa shape index (κ3) is 2.20. The van der Waals surface area contributed by atoms with Crippen LogP contribution in [0.4, 0.5) is 0 Å². The molecule has 5 atom stereocenters. The van der Waals surface area contributed by atoms with Crippen LogP contribution in [0.5, 0.6) is 11.5 Å². The lowest BCUT2D eigenvalue weighted by Crippen LogP contribution is -2.62. The van der Waals surface area contributed by atoms with Crippen molar-refractivity contribution in [3.05, 3.63) is 23.8 Å². The maximum atomic E-state index is 11.0. The highest BCUT2D eigenvalue weighted by Gasteiger charge is 2.65. The van der Waals surface area contributed by atoms with Gasteiger partial charge in [0.05, 0.1) is 20.3 Å². The maximum absolute atomic E-state index is 11.0. The molecule has 1 aromatic rings. The predicted molar refractivity (Wildman–Crippen MR) is 98.3 cm³/mol. The van der Waals surface area contributed by atoms with Crippen molar-refractivity contribution in [2.24, 2.45) is 11.3 Å². The Hall–Kier alpha value is -1.26. The minimum absolute atomic E-state index is 0.0363. The average Bonchev–Trinajstić information content (AvgIpc) is 2.83. The standard InChI is InChI=1S/C21H31NO3/c1-20-9-5-6-14(13-18(20)23)21(10-11-22(2)19(20)21)15-7-8-16(24-3)17(12-15)25-4/h7-8,12,14,18-19,23H,5-6,9-11,13H2,1-4H3/t14-,18+,19+,20?,21-/m1/s1. The van der Waals surface area contributed by atoms with Crippen LogP contribution in [0.2, 0.25) is 0 Å². The van der Waals surface area contributed by atoms with Crippen molar-refractivity contribution in [1.29, 1.82) is 0 Å². The molecule has 1 aliphatic heterocycles. The number of hydrogen-bond donors (Lipinski definition) is 1. The second-order valence-corrected chi connectivity index (χ2v) is 8.59. The van der Waals surface area contributed by atoms with E-state index < -0.39 is 0 Å². The molecule has 4 heteroatoms. The van der Waals surface area contributed by atoms with Crippen LogP contribution < -0.4 is 9.47 Å². The molecule has 3 aliphatic carbocycles. The molecule has 1 saturated heterocycles. The van der Waals surface area contributed by atoms with Gasteiger partial charge in [-0.05, 0) is 62.9 Å². The van der Waals surface area contributed by atoms with Crippen LogP contribution in [-0.4, -0.2) is 50.0 Å². The number of aliphatic hydroxyl groups excluding tert-OH is 1. The molecule has 5 rings (SSSR count). The number of methoxy groups -OCH3 is 2. The van der Waals surface area contributed by atoms with Crippen molar-refractivity contribution in [2.45, 2.75) is 56.6 Å². The topological polar surface area (TPSA) is 41.9 Å². The number of aliphatic hydroxyl groups is 1. The Morgan fingerprint density at radius 2 is 1.92 bits per heavy atom. The largest absolute Gasteiger partial charge is 0.493 e. The number of benzene rings is 1. The summed E-state index contributed by atoms with van der Waals surface area (Å²) in [4.78, 5) is 2.51. The lowest BCUT2D eigenvalue weighted by atomic mass is 9.52. The molecule has 4 fully saturated rings. The van der Waals surface area contributed by atoms with Gasteiger partial charge in [0.15, 0.2) is 11.5 Å². The molecular formula is C21H31NO3. The summed E-state index contributed by atoms with van der Waals surface area (Å²) in [6.07, 6.45) is 5.45. The van der Waals surface area contributed by atoms with Gasteiger partial charge < -0.3 is 19.5 Å². The molecule has 1 aromatic carbocycles. The van der Waals surface area contributed by atoms with Crippen LogP contribution in [0.3, 0.4) is 0 Å². The molecule has 2 bridgehead atoms. The second kappa shape index (κ2) is 5.88. The van der Waals surface area contributed by atoms with Crippen LogP contribution in [0.1, 0.15) is 44.6 Å². The van der Waals surface area contributed by atoms with E-state index in [9.17, 15) is 5.11 Å². The lowest BCUT2D eigenvalue weighted by Gasteiger charge is -2.56. The minimum Gasteiger partial charge on any atom is -0.493 e. The summed E-state index contributed by atoms with van der Waals surface area (Å²) >= 11 is 0. The second-order valence-electron chi connectivity index (χ2n) is 8.59. The highest BCUT2D eigenvalue weighted by molar-refractivity contribution is 5.47. The Bertz CT molecular complexity index is 663. The van der Waals surface area contributed by atoms with Gasteiger partial charge in [-0.2, -0.15) is 0 Å². The Morgan fingerprint density at radius 1 is 1.16 bits per heavy atom. The zero-order valence-electron chi connectivity index (χ0n) is 15.9. The van der Waals surface area contributed by atoms with Crippen LogP contribution in [0, 0.1) is 11.3 Å². The van der Waals surface area contributed by atoms with E-state index in [1.54, 1.807) is 14.2 Å². The van der Waals surface area contributed by atoms with E-state index in [-0.39, 0.29) is 16.9 Å². The van der Waals surface area contributed by atoms with E-state index in [4.69, 9.17) is 9.47 Å². The van der Waals surface area contributed by atoms with Crippen molar-refractivity contribution in [3.8, 4) is 11.5 Å². The van der Waals surface area contributed by atoms with Crippen molar-refractivity contribution < 1.29 is 14.6 Å². The van der Waals surface area contributed by atoms with Gasteiger partial charge in [-0.15, -0.1) is 0 Å². The van der Waals surface area contributed by atoms with Gasteiger partial charge in [-0.3, -0.25) is 0 Å². The molecule has 4 aliphatic rings. The molecule has 0 spiro atoms. The van der Waals surface area contributed by atoms with Crippen molar-refractivity contribution in [3.63, 3.8) is 0 Å². The molecule has 0 amide bonds. The fraction of sp³-hybridized carbons (Fsp3) is 0.714. The highest BCUT2D eigenvalue weighted by atomic mass is 16.5. The van der Waals surface area contributed by atoms with Crippen LogP contribution in [-0.2, 0) is 5.41 Å². The number of ether oxygens (including phenoxy) is 2. The molecule has 3 saturated carbocycles. The first-order chi connectivity index (χ1) is 12.0. The molecule has 4 nitrogen and oxygen atoms in total. The zero-order chi connectivity index (χ0) is 17.8. The van der Waals surface area contributed by atoms with Gasteiger partial charge in [-0.25, -0.2) is 0 Å². The number of nitrogens with zero attached hydrogens (tertiary/aromatic N) is 1. The normalized spacial score (nSPS) is 40.6. The number of fused-ring (bicyclic) bond motifs is 3. The van der Waals surface area contributed by atoms with Gasteiger partial charge in [0.25, 0.3) is 0 Å². The van der Waals surface area contributed by atoms with Gasteiger partial charge in [-0.1, -0.05) is 19.4 Å². The fourth-order valence-corrected chi connectivity index (χ4v) is 6.54. The van der Waals surface area contributed by atoms with Crippen molar-refractivity contribution in [1.82, 2.24) is 4.90 Å². The number of likely N-dealkylation sites (tertiary alicyclic amines) is 1. The van der Waals surface area contributed by atoms with Gasteiger partial charge >= 0.3 is 0 Å². The molecule has 1 N–H and O–H groups in total. The quantitative estimate of drug-likeness (QED) is 0.913. The fourth-order valence-electron chi connectivity index (χ4n) is 6.54. The van der Waals surface area contributed by atoms with Crippen LogP contribution >= 0.6 is 0 Å². The zero-order valence-corrected chi connectivity index (χ0v) is 15.9. The molecule has 0 radical (unpaired) electrons. The first-order valence-corrected chi connectivity index (χ1v) is 9.58. The molecular weight excluding hydrogens is 314 g/mol. The third-order valence-electron chi connectivity index (χ3n) is 7.62. The average molecular weight is 345 g/mol. The molecule has 25 heavy (non-hydrogen) atoms. The number of rotatable bonds is 3.